The maximum absolute atomic E-state index is 13.2. The number of amides is 1. The number of anilines is 1. The van der Waals surface area contributed by atoms with Gasteiger partial charge in [-0.05, 0) is 31.3 Å². The molecule has 3 rings (SSSR count). The fourth-order valence-electron chi connectivity index (χ4n) is 3.19. The summed E-state index contributed by atoms with van der Waals surface area (Å²) in [6.45, 7) is 6.38. The van der Waals surface area contributed by atoms with Gasteiger partial charge in [-0.15, -0.1) is 0 Å². The van der Waals surface area contributed by atoms with E-state index in [9.17, 15) is 23.3 Å². The first-order chi connectivity index (χ1) is 15.2. The summed E-state index contributed by atoms with van der Waals surface area (Å²) in [7, 11) is -3.83. The molecule has 3 aromatic rings. The number of sulfone groups is 1. The summed E-state index contributed by atoms with van der Waals surface area (Å²) < 4.78 is 26.1. The molecule has 1 aromatic heterocycles. The highest BCUT2D eigenvalue weighted by molar-refractivity contribution is 7.92. The van der Waals surface area contributed by atoms with Crippen LogP contribution < -0.4 is 4.90 Å². The Hall–Kier alpha value is -2.89. The second-order valence-corrected chi connectivity index (χ2v) is 10.0. The van der Waals surface area contributed by atoms with Crippen LogP contribution in [0, 0.1) is 10.1 Å². The molecule has 0 aliphatic heterocycles. The van der Waals surface area contributed by atoms with Gasteiger partial charge in [-0.3, -0.25) is 19.8 Å². The molecule has 0 aliphatic rings. The van der Waals surface area contributed by atoms with E-state index < -0.39 is 26.4 Å². The quantitative estimate of drug-likeness (QED) is 0.326. The van der Waals surface area contributed by atoms with E-state index in [1.54, 1.807) is 18.2 Å². The number of benzene rings is 2. The molecule has 0 atom stereocenters. The number of non-ortho nitro benzene ring substituents is 1. The van der Waals surface area contributed by atoms with Crippen molar-refractivity contribution in [1.82, 2.24) is 9.88 Å². The number of hydrogen-bond acceptors (Lipinski definition) is 8. The second kappa shape index (κ2) is 10.2. The molecule has 2 aromatic carbocycles. The van der Waals surface area contributed by atoms with Gasteiger partial charge in [-0.2, -0.15) is 0 Å². The molecule has 0 unspecified atom stereocenters. The summed E-state index contributed by atoms with van der Waals surface area (Å²) in [6, 6.07) is 12.1. The van der Waals surface area contributed by atoms with Gasteiger partial charge in [0.15, 0.2) is 15.0 Å². The van der Waals surface area contributed by atoms with E-state index >= 15 is 0 Å². The van der Waals surface area contributed by atoms with Crippen molar-refractivity contribution >= 4 is 48.1 Å². The number of carbonyl (C=O) groups is 1. The molecule has 9 nitrogen and oxygen atoms in total. The van der Waals surface area contributed by atoms with E-state index in [0.717, 1.165) is 24.4 Å². The van der Waals surface area contributed by atoms with Crippen LogP contribution in [0.3, 0.4) is 0 Å². The molecule has 0 N–H and O–H groups in total. The van der Waals surface area contributed by atoms with Crippen molar-refractivity contribution in [3.05, 3.63) is 58.6 Å². The third kappa shape index (κ3) is 5.47. The number of rotatable bonds is 10. The Morgan fingerprint density at radius 2 is 1.78 bits per heavy atom. The number of nitro groups is 1. The second-order valence-electron chi connectivity index (χ2n) is 7.05. The first-order valence-electron chi connectivity index (χ1n) is 10.1. The molecule has 1 heterocycles. The largest absolute Gasteiger partial charge is 0.302 e. The third-order valence-corrected chi connectivity index (χ3v) is 7.71. The molecular weight excluding hydrogens is 452 g/mol. The summed E-state index contributed by atoms with van der Waals surface area (Å²) >= 11 is 1.13. The van der Waals surface area contributed by atoms with Crippen molar-refractivity contribution in [3.8, 4) is 0 Å². The predicted molar refractivity (Wildman–Crippen MR) is 125 cm³/mol. The van der Waals surface area contributed by atoms with Crippen LogP contribution in [-0.2, 0) is 14.6 Å². The minimum Gasteiger partial charge on any atom is -0.302 e. The normalized spacial score (nSPS) is 11.7. The zero-order chi connectivity index (χ0) is 23.3. The molecule has 1 amide bonds. The summed E-state index contributed by atoms with van der Waals surface area (Å²) in [6.07, 6.45) is 0. The van der Waals surface area contributed by atoms with E-state index in [-0.39, 0.29) is 17.1 Å². The Morgan fingerprint density at radius 3 is 2.41 bits per heavy atom. The van der Waals surface area contributed by atoms with Gasteiger partial charge in [0, 0.05) is 25.2 Å². The summed E-state index contributed by atoms with van der Waals surface area (Å²) in [5.41, 5.74) is 0.447. The van der Waals surface area contributed by atoms with Crippen LogP contribution in [0.4, 0.5) is 10.8 Å². The van der Waals surface area contributed by atoms with Crippen molar-refractivity contribution < 1.29 is 18.1 Å². The van der Waals surface area contributed by atoms with Crippen molar-refractivity contribution in [2.45, 2.75) is 18.7 Å². The number of hydrogen-bond donors (Lipinski definition) is 0. The van der Waals surface area contributed by atoms with Crippen LogP contribution >= 0.6 is 11.3 Å². The zero-order valence-electron chi connectivity index (χ0n) is 17.8. The molecule has 170 valence electrons. The van der Waals surface area contributed by atoms with Gasteiger partial charge in [0.2, 0.25) is 5.91 Å². The van der Waals surface area contributed by atoms with E-state index in [0.29, 0.717) is 21.9 Å². The zero-order valence-corrected chi connectivity index (χ0v) is 19.4. The van der Waals surface area contributed by atoms with Crippen LogP contribution in [0.5, 0.6) is 0 Å². The van der Waals surface area contributed by atoms with Crippen LogP contribution in [0.2, 0.25) is 0 Å². The molecule has 0 spiro atoms. The number of nitrogens with zero attached hydrogens (tertiary/aromatic N) is 4. The molecule has 0 radical (unpaired) electrons. The highest BCUT2D eigenvalue weighted by Crippen LogP contribution is 2.31. The predicted octanol–water partition coefficient (Wildman–Crippen LogP) is 3.35. The fourth-order valence-corrected chi connectivity index (χ4v) is 5.45. The van der Waals surface area contributed by atoms with Gasteiger partial charge >= 0.3 is 0 Å². The van der Waals surface area contributed by atoms with Crippen molar-refractivity contribution in [3.63, 3.8) is 0 Å². The maximum Gasteiger partial charge on any atom is 0.270 e. The standard InChI is InChI=1S/C21H24N4O5S2/c1-3-23(4-2)12-13-24(20(26)15-32(29,30)17-8-6-5-7-9-17)21-22-18-11-10-16(25(27)28)14-19(18)31-21/h5-11,14H,3-4,12-13,15H2,1-2H3. The van der Waals surface area contributed by atoms with E-state index in [1.165, 1.54) is 35.2 Å². The number of aromatic nitrogens is 1. The smallest absolute Gasteiger partial charge is 0.270 e. The lowest BCUT2D eigenvalue weighted by Gasteiger charge is -2.24. The molecule has 0 saturated carbocycles. The average molecular weight is 477 g/mol. The highest BCUT2D eigenvalue weighted by Gasteiger charge is 2.27. The molecule has 32 heavy (non-hydrogen) atoms. The van der Waals surface area contributed by atoms with Crippen LogP contribution in [0.25, 0.3) is 10.2 Å². The van der Waals surface area contributed by atoms with Crippen molar-refractivity contribution in [2.24, 2.45) is 0 Å². The SMILES string of the molecule is CCN(CC)CCN(C(=O)CS(=O)(=O)c1ccccc1)c1nc2ccc([N+](=O)[O-])cc2s1. The Labute approximate surface area is 190 Å². The van der Waals surface area contributed by atoms with E-state index in [1.807, 2.05) is 13.8 Å². The molecule has 0 bridgehead atoms. The lowest BCUT2D eigenvalue weighted by molar-refractivity contribution is -0.384. The monoisotopic (exact) mass is 476 g/mol. The number of nitro benzene ring substituents is 1. The van der Waals surface area contributed by atoms with Crippen LogP contribution in [-0.4, -0.2) is 61.1 Å². The van der Waals surface area contributed by atoms with E-state index in [2.05, 4.69) is 9.88 Å². The minimum atomic E-state index is -3.83. The molecule has 0 aliphatic carbocycles. The maximum atomic E-state index is 13.2. The topological polar surface area (TPSA) is 114 Å². The van der Waals surface area contributed by atoms with Gasteiger partial charge < -0.3 is 4.90 Å². The van der Waals surface area contributed by atoms with Crippen molar-refractivity contribution in [1.29, 1.82) is 0 Å². The van der Waals surface area contributed by atoms with Gasteiger partial charge in [0.05, 0.1) is 20.0 Å². The summed E-state index contributed by atoms with van der Waals surface area (Å²) in [5.74, 6) is -1.28. The third-order valence-electron chi connectivity index (χ3n) is 5.05. The molecule has 11 heteroatoms. The lowest BCUT2D eigenvalue weighted by atomic mass is 10.3. The Balaban J connectivity index is 1.93. The van der Waals surface area contributed by atoms with Gasteiger partial charge in [0.1, 0.15) is 5.75 Å². The first kappa shape index (κ1) is 23.8. The Bertz CT molecular complexity index is 1210. The van der Waals surface area contributed by atoms with Crippen molar-refractivity contribution in [2.75, 3.05) is 36.8 Å². The Morgan fingerprint density at radius 1 is 1.09 bits per heavy atom. The lowest BCUT2D eigenvalue weighted by Crippen LogP contribution is -2.41. The fraction of sp³-hybridized carbons (Fsp3) is 0.333. The molecule has 0 fully saturated rings. The Kier molecular flexibility index (Phi) is 7.54. The summed E-state index contributed by atoms with van der Waals surface area (Å²) in [4.78, 5) is 31.8. The first-order valence-corrected chi connectivity index (χ1v) is 12.6. The molecule has 0 saturated heterocycles. The van der Waals surface area contributed by atoms with Gasteiger partial charge in [-0.1, -0.05) is 43.4 Å². The minimum absolute atomic E-state index is 0.0691. The highest BCUT2D eigenvalue weighted by atomic mass is 32.2. The van der Waals surface area contributed by atoms with E-state index in [4.69, 9.17) is 0 Å². The van der Waals surface area contributed by atoms with Crippen LogP contribution in [0.1, 0.15) is 13.8 Å². The van der Waals surface area contributed by atoms with Crippen LogP contribution in [0.15, 0.2) is 53.4 Å². The number of carbonyl (C=O) groups excluding carboxylic acids is 1. The number of thiazole rings is 1. The average Bonchev–Trinajstić information content (AvgIpc) is 3.19. The summed E-state index contributed by atoms with van der Waals surface area (Å²) in [5, 5.41) is 11.4. The number of likely N-dealkylation sites (N-methyl/N-ethyl adjacent to an activating group) is 1. The van der Waals surface area contributed by atoms with Gasteiger partial charge in [-0.25, -0.2) is 13.4 Å². The molecular formula is C21H24N4O5S2. The number of fused-ring (bicyclic) bond motifs is 1. The van der Waals surface area contributed by atoms with Gasteiger partial charge in [0.25, 0.3) is 5.69 Å².